The van der Waals surface area contributed by atoms with E-state index in [9.17, 15) is 18.0 Å². The molecule has 1 aromatic heterocycles. The van der Waals surface area contributed by atoms with Gasteiger partial charge in [0.2, 0.25) is 0 Å². The Morgan fingerprint density at radius 1 is 1.18 bits per heavy atom. The second-order valence-corrected chi connectivity index (χ2v) is 9.07. The Balaban J connectivity index is 1.22. The Morgan fingerprint density at radius 3 is 2.61 bits per heavy atom. The number of alkyl halides is 3. The van der Waals surface area contributed by atoms with Gasteiger partial charge in [-0.15, -0.1) is 0 Å². The monoisotopic (exact) mass is 458 g/mol. The Kier molecular flexibility index (Phi) is 5.35. The number of amides is 1. The molecule has 2 aliphatic rings. The number of nitrogens with one attached hydrogen (secondary N) is 2. The molecule has 0 bridgehead atoms. The van der Waals surface area contributed by atoms with Gasteiger partial charge in [-0.2, -0.15) is 13.2 Å². The van der Waals surface area contributed by atoms with E-state index in [0.717, 1.165) is 47.9 Å². The van der Waals surface area contributed by atoms with E-state index >= 15 is 0 Å². The molecule has 5 nitrogen and oxygen atoms in total. The summed E-state index contributed by atoms with van der Waals surface area (Å²) in [4.78, 5) is 15.9. The smallest absolute Gasteiger partial charge is 0.416 e. The molecule has 1 amide bonds. The first kappa shape index (κ1) is 21.8. The molecule has 1 aliphatic heterocycles. The van der Waals surface area contributed by atoms with E-state index < -0.39 is 17.3 Å². The average molecular weight is 458 g/mol. The van der Waals surface area contributed by atoms with Crippen LogP contribution in [0.15, 0.2) is 48.7 Å². The predicted octanol–water partition coefficient (Wildman–Crippen LogP) is 6.02. The zero-order valence-electron chi connectivity index (χ0n) is 18.2. The van der Waals surface area contributed by atoms with Crippen molar-refractivity contribution in [2.24, 2.45) is 0 Å². The fraction of sp³-hybridized carbons (Fsp3) is 0.400. The summed E-state index contributed by atoms with van der Waals surface area (Å²) in [7, 11) is 0. The SMILES string of the molecule is CC1(C(=O)Nc2c[nH]c3ccc(O[C@H]4C[C@H](c5ccc(C(F)(F)F)cc5)C4)cc23)CCCO1. The zero-order chi connectivity index (χ0) is 23.2. The summed E-state index contributed by atoms with van der Waals surface area (Å²) < 4.78 is 50.0. The molecular weight excluding hydrogens is 433 g/mol. The number of aromatic nitrogens is 1. The van der Waals surface area contributed by atoms with Crippen LogP contribution in [-0.2, 0) is 15.7 Å². The van der Waals surface area contributed by atoms with Gasteiger partial charge in [0.1, 0.15) is 11.4 Å². The van der Waals surface area contributed by atoms with Crippen molar-refractivity contribution in [3.63, 3.8) is 0 Å². The van der Waals surface area contributed by atoms with Crippen LogP contribution in [0.1, 0.15) is 49.7 Å². The van der Waals surface area contributed by atoms with Gasteiger partial charge < -0.3 is 19.8 Å². The van der Waals surface area contributed by atoms with E-state index in [1.54, 1.807) is 18.3 Å². The van der Waals surface area contributed by atoms with Gasteiger partial charge in [0.05, 0.1) is 17.4 Å². The molecule has 1 aliphatic carbocycles. The number of carbonyl (C=O) groups is 1. The third-order valence-corrected chi connectivity index (χ3v) is 6.71. The third-order valence-electron chi connectivity index (χ3n) is 6.71. The van der Waals surface area contributed by atoms with Crippen molar-refractivity contribution in [2.75, 3.05) is 11.9 Å². The van der Waals surface area contributed by atoms with E-state index in [-0.39, 0.29) is 17.9 Å². The van der Waals surface area contributed by atoms with Crippen LogP contribution >= 0.6 is 0 Å². The molecule has 3 aromatic rings. The normalized spacial score (nSPS) is 25.1. The lowest BCUT2D eigenvalue weighted by molar-refractivity contribution is -0.137. The van der Waals surface area contributed by atoms with Crippen molar-refractivity contribution in [3.8, 4) is 5.75 Å². The second-order valence-electron chi connectivity index (χ2n) is 9.07. The van der Waals surface area contributed by atoms with Crippen molar-refractivity contribution >= 4 is 22.5 Å². The molecule has 33 heavy (non-hydrogen) atoms. The largest absolute Gasteiger partial charge is 0.490 e. The standard InChI is InChI=1S/C25H25F3N2O3/c1-24(9-2-10-32-24)23(31)30-22-14-29-21-8-7-18(13-20(21)22)33-19-11-16(12-19)15-3-5-17(6-4-15)25(26,27)28/h3-8,13-14,16,19,29H,2,9-12H2,1H3,(H,30,31)/t16-,19-,24?. The number of rotatable bonds is 5. The maximum absolute atomic E-state index is 12.8. The Hall–Kier alpha value is -3.00. The van der Waals surface area contributed by atoms with Gasteiger partial charge in [0, 0.05) is 23.7 Å². The van der Waals surface area contributed by atoms with Gasteiger partial charge in [-0.1, -0.05) is 12.1 Å². The first-order chi connectivity index (χ1) is 15.7. The Labute approximate surface area is 189 Å². The lowest BCUT2D eigenvalue weighted by atomic mass is 9.77. The molecule has 1 saturated carbocycles. The summed E-state index contributed by atoms with van der Waals surface area (Å²) in [5.74, 6) is 0.720. The van der Waals surface area contributed by atoms with E-state index in [4.69, 9.17) is 9.47 Å². The third kappa shape index (κ3) is 4.31. The van der Waals surface area contributed by atoms with Crippen LogP contribution in [-0.4, -0.2) is 29.2 Å². The highest BCUT2D eigenvalue weighted by Crippen LogP contribution is 2.41. The molecule has 1 saturated heterocycles. The highest BCUT2D eigenvalue weighted by atomic mass is 19.4. The van der Waals surface area contributed by atoms with Crippen LogP contribution in [0.2, 0.25) is 0 Å². The molecule has 2 N–H and O–H groups in total. The van der Waals surface area contributed by atoms with Crippen LogP contribution in [0.5, 0.6) is 5.75 Å². The summed E-state index contributed by atoms with van der Waals surface area (Å²) in [6.07, 6.45) is 0.487. The number of anilines is 1. The number of aromatic amines is 1. The van der Waals surface area contributed by atoms with Crippen LogP contribution in [0, 0.1) is 0 Å². The van der Waals surface area contributed by atoms with Gasteiger partial charge >= 0.3 is 6.18 Å². The van der Waals surface area contributed by atoms with Crippen molar-refractivity contribution < 1.29 is 27.4 Å². The molecule has 0 spiro atoms. The summed E-state index contributed by atoms with van der Waals surface area (Å²) >= 11 is 0. The zero-order valence-corrected chi connectivity index (χ0v) is 18.2. The van der Waals surface area contributed by atoms with Crippen LogP contribution in [0.25, 0.3) is 10.9 Å². The van der Waals surface area contributed by atoms with E-state index in [1.165, 1.54) is 0 Å². The highest BCUT2D eigenvalue weighted by molar-refractivity contribution is 6.04. The summed E-state index contributed by atoms with van der Waals surface area (Å²) in [5.41, 5.74) is 1.02. The summed E-state index contributed by atoms with van der Waals surface area (Å²) in [5, 5.41) is 3.82. The molecular formula is C25H25F3N2O3. The minimum absolute atomic E-state index is 0.00229. The number of fused-ring (bicyclic) bond motifs is 1. The van der Waals surface area contributed by atoms with E-state index in [2.05, 4.69) is 10.3 Å². The van der Waals surface area contributed by atoms with Gasteiger partial charge in [0.25, 0.3) is 5.91 Å². The Morgan fingerprint density at radius 2 is 1.94 bits per heavy atom. The quantitative estimate of drug-likeness (QED) is 0.492. The van der Waals surface area contributed by atoms with Crippen molar-refractivity contribution in [3.05, 3.63) is 59.8 Å². The Bertz CT molecular complexity index is 1160. The first-order valence-electron chi connectivity index (χ1n) is 11.1. The molecule has 2 fully saturated rings. The first-order valence-corrected chi connectivity index (χ1v) is 11.1. The van der Waals surface area contributed by atoms with E-state index in [1.807, 2.05) is 25.1 Å². The topological polar surface area (TPSA) is 63.4 Å². The lowest BCUT2D eigenvalue weighted by Gasteiger charge is -2.35. The molecule has 1 unspecified atom stereocenters. The lowest BCUT2D eigenvalue weighted by Crippen LogP contribution is -2.39. The molecule has 2 aromatic carbocycles. The molecule has 1 atom stereocenters. The number of ether oxygens (including phenoxy) is 2. The summed E-state index contributed by atoms with van der Waals surface area (Å²) in [6, 6.07) is 11.0. The fourth-order valence-electron chi connectivity index (χ4n) is 4.56. The number of benzene rings is 2. The van der Waals surface area contributed by atoms with Crippen molar-refractivity contribution in [1.29, 1.82) is 0 Å². The molecule has 2 heterocycles. The summed E-state index contributed by atoms with van der Waals surface area (Å²) in [6.45, 7) is 2.40. The maximum atomic E-state index is 12.8. The van der Waals surface area contributed by atoms with Gasteiger partial charge in [-0.25, -0.2) is 0 Å². The number of carbonyl (C=O) groups excluding carboxylic acids is 1. The van der Waals surface area contributed by atoms with Gasteiger partial charge in [0.15, 0.2) is 0 Å². The van der Waals surface area contributed by atoms with Crippen LogP contribution in [0.4, 0.5) is 18.9 Å². The molecule has 8 heteroatoms. The van der Waals surface area contributed by atoms with Gasteiger partial charge in [-0.3, -0.25) is 4.79 Å². The van der Waals surface area contributed by atoms with Gasteiger partial charge in [-0.05, 0) is 74.4 Å². The van der Waals surface area contributed by atoms with Crippen molar-refractivity contribution in [2.45, 2.75) is 56.4 Å². The fourth-order valence-corrected chi connectivity index (χ4v) is 4.56. The molecule has 5 rings (SSSR count). The predicted molar refractivity (Wildman–Crippen MR) is 118 cm³/mol. The van der Waals surface area contributed by atoms with E-state index in [0.29, 0.717) is 24.5 Å². The van der Waals surface area contributed by atoms with Crippen LogP contribution in [0.3, 0.4) is 0 Å². The average Bonchev–Trinajstić information content (AvgIpc) is 3.37. The number of halogens is 3. The minimum Gasteiger partial charge on any atom is -0.490 e. The molecule has 174 valence electrons. The number of H-pyrrole nitrogens is 1. The van der Waals surface area contributed by atoms with Crippen LogP contribution < -0.4 is 10.1 Å². The second kappa shape index (κ2) is 8.09. The maximum Gasteiger partial charge on any atom is 0.416 e. The van der Waals surface area contributed by atoms with Crippen molar-refractivity contribution in [1.82, 2.24) is 4.98 Å². The minimum atomic E-state index is -4.32. The molecule has 0 radical (unpaired) electrons. The number of hydrogen-bond donors (Lipinski definition) is 2. The highest BCUT2D eigenvalue weighted by Gasteiger charge is 2.38. The number of hydrogen-bond acceptors (Lipinski definition) is 3.